The molecule has 1 N–H and O–H groups in total. The van der Waals surface area contributed by atoms with E-state index in [0.29, 0.717) is 13.2 Å². The van der Waals surface area contributed by atoms with Crippen LogP contribution in [0.2, 0.25) is 0 Å². The van der Waals surface area contributed by atoms with Crippen molar-refractivity contribution in [2.45, 2.75) is 26.5 Å². The lowest BCUT2D eigenvalue weighted by molar-refractivity contribution is -0.00834. The average Bonchev–Trinajstić information content (AvgIpc) is 3.13. The third-order valence-electron chi connectivity index (χ3n) is 4.20. The Hall–Kier alpha value is -2.27. The molecule has 1 aromatic heterocycles. The Kier molecular flexibility index (Phi) is 5.54. The van der Waals surface area contributed by atoms with Gasteiger partial charge in [-0.2, -0.15) is 0 Å². The fourth-order valence-corrected chi connectivity index (χ4v) is 2.96. The molecule has 5 nitrogen and oxygen atoms in total. The zero-order valence-electron chi connectivity index (χ0n) is 14.4. The van der Waals surface area contributed by atoms with Gasteiger partial charge in [-0.3, -0.25) is 0 Å². The Bertz CT molecular complexity index is 667. The van der Waals surface area contributed by atoms with Crippen molar-refractivity contribution in [3.63, 3.8) is 0 Å². The normalized spacial score (nSPS) is 18.7. The van der Waals surface area contributed by atoms with E-state index in [2.05, 4.69) is 48.3 Å². The van der Waals surface area contributed by atoms with Crippen molar-refractivity contribution in [1.29, 1.82) is 0 Å². The second-order valence-electron chi connectivity index (χ2n) is 5.91. The van der Waals surface area contributed by atoms with Gasteiger partial charge in [0, 0.05) is 13.1 Å². The molecule has 24 heavy (non-hydrogen) atoms. The summed E-state index contributed by atoms with van der Waals surface area (Å²) in [6.45, 7) is 7.94. The first kappa shape index (κ1) is 16.6. The number of nitrogens with zero attached hydrogens (tertiary/aromatic N) is 2. The van der Waals surface area contributed by atoms with E-state index in [4.69, 9.17) is 14.1 Å². The van der Waals surface area contributed by atoms with Gasteiger partial charge >= 0.3 is 0 Å². The van der Waals surface area contributed by atoms with Gasteiger partial charge in [0.2, 0.25) is 0 Å². The highest BCUT2D eigenvalue weighted by Gasteiger charge is 2.25. The molecule has 2 aromatic rings. The molecule has 0 aliphatic carbocycles. The molecule has 1 saturated heterocycles. The van der Waals surface area contributed by atoms with Crippen molar-refractivity contribution in [2.75, 3.05) is 26.2 Å². The quantitative estimate of drug-likeness (QED) is 0.692. The maximum atomic E-state index is 6.01. The van der Waals surface area contributed by atoms with Crippen LogP contribution in [0.15, 0.2) is 52.1 Å². The van der Waals surface area contributed by atoms with E-state index in [9.17, 15) is 0 Å². The number of aryl methyl sites for hydroxylation is 1. The van der Waals surface area contributed by atoms with Crippen molar-refractivity contribution < 1.29 is 9.15 Å². The fourth-order valence-electron chi connectivity index (χ4n) is 2.96. The Balaban J connectivity index is 1.73. The van der Waals surface area contributed by atoms with Crippen LogP contribution in [-0.2, 0) is 11.3 Å². The van der Waals surface area contributed by atoms with Gasteiger partial charge in [0.25, 0.3) is 0 Å². The summed E-state index contributed by atoms with van der Waals surface area (Å²) in [5, 5.41) is 3.38. The van der Waals surface area contributed by atoms with E-state index in [-0.39, 0.29) is 6.10 Å². The summed E-state index contributed by atoms with van der Waals surface area (Å²) in [7, 11) is 0. The molecule has 1 fully saturated rings. The van der Waals surface area contributed by atoms with Gasteiger partial charge in [-0.1, -0.05) is 24.3 Å². The summed E-state index contributed by atoms with van der Waals surface area (Å²) in [5.74, 6) is 1.78. The molecule has 1 aromatic carbocycles. The molecule has 0 radical (unpaired) electrons. The molecular formula is C19H25N3O2. The van der Waals surface area contributed by atoms with Gasteiger partial charge in [0.1, 0.15) is 18.4 Å². The number of nitrogens with one attached hydrogen (secondary N) is 1. The van der Waals surface area contributed by atoms with Crippen LogP contribution in [-0.4, -0.2) is 37.1 Å². The Morgan fingerprint density at radius 2 is 2.17 bits per heavy atom. The van der Waals surface area contributed by atoms with Crippen molar-refractivity contribution in [2.24, 2.45) is 4.99 Å². The molecule has 128 valence electrons. The predicted molar refractivity (Wildman–Crippen MR) is 95.0 cm³/mol. The largest absolute Gasteiger partial charge is 0.467 e. The van der Waals surface area contributed by atoms with E-state index in [1.54, 1.807) is 6.26 Å². The first-order valence-corrected chi connectivity index (χ1v) is 8.50. The third-order valence-corrected chi connectivity index (χ3v) is 4.20. The summed E-state index contributed by atoms with van der Waals surface area (Å²) in [5.41, 5.74) is 2.52. The number of furan rings is 1. The lowest BCUT2D eigenvalue weighted by Gasteiger charge is -2.35. The highest BCUT2D eigenvalue weighted by molar-refractivity contribution is 5.80. The maximum Gasteiger partial charge on any atom is 0.194 e. The molecular weight excluding hydrogens is 302 g/mol. The summed E-state index contributed by atoms with van der Waals surface area (Å²) < 4.78 is 11.4. The van der Waals surface area contributed by atoms with Crippen LogP contribution in [0.25, 0.3) is 0 Å². The minimum atomic E-state index is 0.0763. The molecule has 0 spiro atoms. The van der Waals surface area contributed by atoms with E-state index >= 15 is 0 Å². The SMILES string of the molecule is CCNC(=NCc1ccco1)N1CCOC(c2ccccc2C)C1. The molecule has 3 rings (SSSR count). The van der Waals surface area contributed by atoms with Crippen LogP contribution in [0.4, 0.5) is 0 Å². The zero-order valence-corrected chi connectivity index (χ0v) is 14.4. The van der Waals surface area contributed by atoms with Crippen LogP contribution in [0.1, 0.15) is 29.9 Å². The van der Waals surface area contributed by atoms with Gasteiger partial charge in [-0.15, -0.1) is 0 Å². The molecule has 2 heterocycles. The molecule has 1 atom stereocenters. The predicted octanol–water partition coefficient (Wildman–Crippen LogP) is 3.13. The second-order valence-corrected chi connectivity index (χ2v) is 5.91. The first-order chi connectivity index (χ1) is 11.8. The Labute approximate surface area is 143 Å². The van der Waals surface area contributed by atoms with E-state index < -0.39 is 0 Å². The minimum absolute atomic E-state index is 0.0763. The molecule has 0 bridgehead atoms. The molecule has 5 heteroatoms. The van der Waals surface area contributed by atoms with Gasteiger partial charge in [0.15, 0.2) is 5.96 Å². The lowest BCUT2D eigenvalue weighted by Crippen LogP contribution is -2.48. The highest BCUT2D eigenvalue weighted by atomic mass is 16.5. The smallest absolute Gasteiger partial charge is 0.194 e. The highest BCUT2D eigenvalue weighted by Crippen LogP contribution is 2.25. The molecule has 0 amide bonds. The van der Waals surface area contributed by atoms with Crippen molar-refractivity contribution in [3.05, 3.63) is 59.5 Å². The van der Waals surface area contributed by atoms with E-state index in [0.717, 1.165) is 31.4 Å². The van der Waals surface area contributed by atoms with Gasteiger partial charge in [-0.25, -0.2) is 4.99 Å². The number of benzene rings is 1. The van der Waals surface area contributed by atoms with Crippen LogP contribution in [0.5, 0.6) is 0 Å². The summed E-state index contributed by atoms with van der Waals surface area (Å²) in [6.07, 6.45) is 1.76. The number of hydrogen-bond acceptors (Lipinski definition) is 3. The fraction of sp³-hybridized carbons (Fsp3) is 0.421. The second kappa shape index (κ2) is 8.02. The van der Waals surface area contributed by atoms with Crippen LogP contribution in [0.3, 0.4) is 0 Å². The molecule has 1 unspecified atom stereocenters. The number of rotatable bonds is 4. The summed E-state index contributed by atoms with van der Waals surface area (Å²) in [6, 6.07) is 12.3. The Morgan fingerprint density at radius 3 is 2.92 bits per heavy atom. The van der Waals surface area contributed by atoms with E-state index in [1.807, 2.05) is 12.1 Å². The Morgan fingerprint density at radius 1 is 1.29 bits per heavy atom. The third kappa shape index (κ3) is 3.97. The average molecular weight is 327 g/mol. The van der Waals surface area contributed by atoms with Crippen LogP contribution >= 0.6 is 0 Å². The van der Waals surface area contributed by atoms with Gasteiger partial charge < -0.3 is 19.4 Å². The topological polar surface area (TPSA) is 50.0 Å². The number of morpholine rings is 1. The van der Waals surface area contributed by atoms with Gasteiger partial charge in [-0.05, 0) is 37.1 Å². The number of hydrogen-bond donors (Lipinski definition) is 1. The molecule has 1 aliphatic rings. The monoisotopic (exact) mass is 327 g/mol. The minimum Gasteiger partial charge on any atom is -0.467 e. The number of aliphatic imine (C=N–C) groups is 1. The van der Waals surface area contributed by atoms with Crippen LogP contribution in [0, 0.1) is 6.92 Å². The van der Waals surface area contributed by atoms with Crippen LogP contribution < -0.4 is 5.32 Å². The zero-order chi connectivity index (χ0) is 16.8. The standard InChI is InChI=1S/C19H25N3O2/c1-3-20-19(21-13-16-8-6-11-23-16)22-10-12-24-18(14-22)17-9-5-4-7-15(17)2/h4-9,11,18H,3,10,12-14H2,1-2H3,(H,20,21). The lowest BCUT2D eigenvalue weighted by atomic mass is 10.0. The first-order valence-electron chi connectivity index (χ1n) is 8.50. The molecule has 0 saturated carbocycles. The molecule has 1 aliphatic heterocycles. The maximum absolute atomic E-state index is 6.01. The number of ether oxygens (including phenoxy) is 1. The van der Waals surface area contributed by atoms with Crippen molar-refractivity contribution in [1.82, 2.24) is 10.2 Å². The van der Waals surface area contributed by atoms with Crippen molar-refractivity contribution >= 4 is 5.96 Å². The summed E-state index contributed by atoms with van der Waals surface area (Å²) in [4.78, 5) is 6.98. The van der Waals surface area contributed by atoms with Crippen molar-refractivity contribution in [3.8, 4) is 0 Å². The van der Waals surface area contributed by atoms with E-state index in [1.165, 1.54) is 11.1 Å². The summed E-state index contributed by atoms with van der Waals surface area (Å²) >= 11 is 0. The van der Waals surface area contributed by atoms with Gasteiger partial charge in [0.05, 0.1) is 19.4 Å². The number of guanidine groups is 1.